The van der Waals surface area contributed by atoms with Gasteiger partial charge in [0.2, 0.25) is 5.91 Å². The topological polar surface area (TPSA) is 54.7 Å². The number of amides is 1. The number of nitrogens with one attached hydrogen (secondary N) is 1. The molecule has 24 heavy (non-hydrogen) atoms. The highest BCUT2D eigenvalue weighted by atomic mass is 79.9. The van der Waals surface area contributed by atoms with Gasteiger partial charge in [-0.2, -0.15) is 0 Å². The third-order valence-corrected chi connectivity index (χ3v) is 3.92. The summed E-state index contributed by atoms with van der Waals surface area (Å²) in [6.07, 6.45) is 1.87. The summed E-state index contributed by atoms with van der Waals surface area (Å²) in [5.74, 6) is 0.119. The van der Waals surface area contributed by atoms with Gasteiger partial charge in [-0.05, 0) is 30.3 Å². The number of ether oxygens (including phenoxy) is 1. The standard InChI is InChI=1S/C17H20BrFN2O3/c1-23-10-8-21(12-14-3-2-9-24-14)7-6-17(22)20-16-5-4-13(18)11-15(16)19/h2-5,9,11H,6-8,10,12H2,1H3,(H,20,22). The maximum absolute atomic E-state index is 13.7. The Bertz CT molecular complexity index is 649. The molecule has 0 aliphatic heterocycles. The molecule has 2 rings (SSSR count). The Morgan fingerprint density at radius 2 is 2.21 bits per heavy atom. The van der Waals surface area contributed by atoms with Gasteiger partial charge in [0.1, 0.15) is 11.6 Å². The van der Waals surface area contributed by atoms with Crippen molar-refractivity contribution in [2.75, 3.05) is 32.1 Å². The highest BCUT2D eigenvalue weighted by Gasteiger charge is 2.12. The van der Waals surface area contributed by atoms with E-state index in [0.717, 1.165) is 5.76 Å². The van der Waals surface area contributed by atoms with E-state index < -0.39 is 5.82 Å². The van der Waals surface area contributed by atoms with Crippen LogP contribution < -0.4 is 5.32 Å². The number of anilines is 1. The normalized spacial score (nSPS) is 11.0. The first-order valence-electron chi connectivity index (χ1n) is 7.57. The Hall–Kier alpha value is -1.70. The molecule has 0 saturated heterocycles. The Kier molecular flexibility index (Phi) is 7.42. The summed E-state index contributed by atoms with van der Waals surface area (Å²) in [6, 6.07) is 8.24. The molecule has 1 aromatic heterocycles. The summed E-state index contributed by atoms with van der Waals surface area (Å²) >= 11 is 3.18. The Morgan fingerprint density at radius 3 is 2.88 bits per heavy atom. The second kappa shape index (κ2) is 9.56. The molecule has 0 bridgehead atoms. The van der Waals surface area contributed by atoms with Crippen LogP contribution in [0.5, 0.6) is 0 Å². The van der Waals surface area contributed by atoms with Crippen molar-refractivity contribution >= 4 is 27.5 Å². The third kappa shape index (κ3) is 6.07. The number of hydrogen-bond donors (Lipinski definition) is 1. The molecule has 1 amide bonds. The molecule has 0 radical (unpaired) electrons. The van der Waals surface area contributed by atoms with E-state index in [0.29, 0.717) is 30.7 Å². The number of furan rings is 1. The number of benzene rings is 1. The van der Waals surface area contributed by atoms with Crippen molar-refractivity contribution in [3.8, 4) is 0 Å². The van der Waals surface area contributed by atoms with Crippen molar-refractivity contribution in [1.29, 1.82) is 0 Å². The molecule has 5 nitrogen and oxygen atoms in total. The molecular weight excluding hydrogens is 379 g/mol. The number of nitrogens with zero attached hydrogens (tertiary/aromatic N) is 1. The molecule has 130 valence electrons. The van der Waals surface area contributed by atoms with Gasteiger partial charge in [0.15, 0.2) is 0 Å². The lowest BCUT2D eigenvalue weighted by Gasteiger charge is -2.20. The Balaban J connectivity index is 1.86. The number of rotatable bonds is 9. The number of carbonyl (C=O) groups excluding carboxylic acids is 1. The summed E-state index contributed by atoms with van der Waals surface area (Å²) < 4.78 is 24.8. The van der Waals surface area contributed by atoms with Crippen molar-refractivity contribution in [2.45, 2.75) is 13.0 Å². The summed E-state index contributed by atoms with van der Waals surface area (Å²) in [7, 11) is 1.63. The summed E-state index contributed by atoms with van der Waals surface area (Å²) in [4.78, 5) is 14.1. The number of hydrogen-bond acceptors (Lipinski definition) is 4. The van der Waals surface area contributed by atoms with E-state index in [2.05, 4.69) is 26.1 Å². The van der Waals surface area contributed by atoms with Gasteiger partial charge in [-0.3, -0.25) is 9.69 Å². The molecule has 7 heteroatoms. The maximum atomic E-state index is 13.7. The van der Waals surface area contributed by atoms with Crippen molar-refractivity contribution in [1.82, 2.24) is 4.90 Å². The third-order valence-electron chi connectivity index (χ3n) is 3.43. The van der Waals surface area contributed by atoms with Crippen molar-refractivity contribution in [3.05, 3.63) is 52.6 Å². The number of methoxy groups -OCH3 is 1. The minimum absolute atomic E-state index is 0.178. The molecule has 0 fully saturated rings. The van der Waals surface area contributed by atoms with Crippen LogP contribution in [0.4, 0.5) is 10.1 Å². The Labute approximate surface area is 148 Å². The van der Waals surface area contributed by atoms with Gasteiger partial charge >= 0.3 is 0 Å². The van der Waals surface area contributed by atoms with Crippen LogP contribution in [0.3, 0.4) is 0 Å². The van der Waals surface area contributed by atoms with Crippen LogP contribution in [0.2, 0.25) is 0 Å². The molecule has 0 atom stereocenters. The molecule has 1 heterocycles. The van der Waals surface area contributed by atoms with E-state index in [-0.39, 0.29) is 18.0 Å². The second-order valence-corrected chi connectivity index (χ2v) is 6.19. The first kappa shape index (κ1) is 18.6. The molecule has 0 aliphatic carbocycles. The quantitative estimate of drug-likeness (QED) is 0.700. The van der Waals surface area contributed by atoms with E-state index >= 15 is 0 Å². The van der Waals surface area contributed by atoms with Crippen LogP contribution >= 0.6 is 15.9 Å². The predicted octanol–water partition coefficient (Wildman–Crippen LogP) is 3.66. The van der Waals surface area contributed by atoms with E-state index in [1.165, 1.54) is 12.1 Å². The lowest BCUT2D eigenvalue weighted by Crippen LogP contribution is -2.30. The largest absolute Gasteiger partial charge is 0.468 e. The van der Waals surface area contributed by atoms with Gasteiger partial charge in [0.25, 0.3) is 0 Å². The lowest BCUT2D eigenvalue weighted by molar-refractivity contribution is -0.116. The van der Waals surface area contributed by atoms with Crippen molar-refractivity contribution in [2.24, 2.45) is 0 Å². The van der Waals surface area contributed by atoms with Crippen LogP contribution in [0.15, 0.2) is 45.5 Å². The second-order valence-electron chi connectivity index (χ2n) is 5.27. The van der Waals surface area contributed by atoms with E-state index in [1.807, 2.05) is 12.1 Å². The first-order valence-corrected chi connectivity index (χ1v) is 8.36. The lowest BCUT2D eigenvalue weighted by atomic mass is 10.2. The zero-order valence-electron chi connectivity index (χ0n) is 13.4. The smallest absolute Gasteiger partial charge is 0.225 e. The summed E-state index contributed by atoms with van der Waals surface area (Å²) in [6.45, 7) is 2.35. The van der Waals surface area contributed by atoms with E-state index in [4.69, 9.17) is 9.15 Å². The summed E-state index contributed by atoms with van der Waals surface area (Å²) in [5.41, 5.74) is 0.178. The fourth-order valence-electron chi connectivity index (χ4n) is 2.18. The van der Waals surface area contributed by atoms with Crippen LogP contribution in [0, 0.1) is 5.82 Å². The molecular formula is C17H20BrFN2O3. The van der Waals surface area contributed by atoms with Crippen LogP contribution in [0.25, 0.3) is 0 Å². The van der Waals surface area contributed by atoms with Crippen LogP contribution in [-0.2, 0) is 16.1 Å². The molecule has 0 unspecified atom stereocenters. The fraction of sp³-hybridized carbons (Fsp3) is 0.353. The van der Waals surface area contributed by atoms with Crippen molar-refractivity contribution in [3.63, 3.8) is 0 Å². The van der Waals surface area contributed by atoms with Crippen molar-refractivity contribution < 1.29 is 18.3 Å². The molecule has 1 N–H and O–H groups in total. The SMILES string of the molecule is COCCN(CCC(=O)Nc1ccc(Br)cc1F)Cc1ccco1. The average Bonchev–Trinajstić information content (AvgIpc) is 3.05. The van der Waals surface area contributed by atoms with Gasteiger partial charge in [-0.25, -0.2) is 4.39 Å². The molecule has 0 aliphatic rings. The van der Waals surface area contributed by atoms with Gasteiger partial charge in [0, 0.05) is 31.1 Å². The minimum Gasteiger partial charge on any atom is -0.468 e. The molecule has 0 spiro atoms. The molecule has 1 aromatic carbocycles. The van der Waals surface area contributed by atoms with Gasteiger partial charge in [0.05, 0.1) is 25.1 Å². The highest BCUT2D eigenvalue weighted by molar-refractivity contribution is 9.10. The number of halogens is 2. The fourth-order valence-corrected chi connectivity index (χ4v) is 2.51. The van der Waals surface area contributed by atoms with E-state index in [9.17, 15) is 9.18 Å². The zero-order valence-corrected chi connectivity index (χ0v) is 15.0. The van der Waals surface area contributed by atoms with Crippen LogP contribution in [-0.4, -0.2) is 37.6 Å². The van der Waals surface area contributed by atoms with E-state index in [1.54, 1.807) is 19.4 Å². The number of carbonyl (C=O) groups is 1. The van der Waals surface area contributed by atoms with Gasteiger partial charge < -0.3 is 14.5 Å². The summed E-state index contributed by atoms with van der Waals surface area (Å²) in [5, 5.41) is 2.59. The van der Waals surface area contributed by atoms with Gasteiger partial charge in [-0.1, -0.05) is 15.9 Å². The average molecular weight is 399 g/mol. The predicted molar refractivity (Wildman–Crippen MR) is 93.2 cm³/mol. The highest BCUT2D eigenvalue weighted by Crippen LogP contribution is 2.19. The monoisotopic (exact) mass is 398 g/mol. The first-order chi connectivity index (χ1) is 11.6. The maximum Gasteiger partial charge on any atom is 0.225 e. The van der Waals surface area contributed by atoms with Gasteiger partial charge in [-0.15, -0.1) is 0 Å². The molecule has 0 saturated carbocycles. The minimum atomic E-state index is -0.468. The molecule has 2 aromatic rings. The van der Waals surface area contributed by atoms with Crippen LogP contribution in [0.1, 0.15) is 12.2 Å². The Morgan fingerprint density at radius 1 is 1.38 bits per heavy atom. The zero-order chi connectivity index (χ0) is 17.4.